The van der Waals surface area contributed by atoms with Gasteiger partial charge in [0.2, 0.25) is 0 Å². The highest BCUT2D eigenvalue weighted by Crippen LogP contribution is 2.25. The third-order valence-corrected chi connectivity index (χ3v) is 8.05. The molecule has 1 unspecified atom stereocenters. The molecule has 0 aromatic heterocycles. The molecular weight excluding hydrogens is 338 g/mol. The molecule has 0 spiro atoms. The van der Waals surface area contributed by atoms with E-state index in [2.05, 4.69) is 5.32 Å². The molecule has 1 saturated heterocycles. The predicted octanol–water partition coefficient (Wildman–Crippen LogP) is 0.526. The van der Waals surface area contributed by atoms with Crippen molar-refractivity contribution in [3.05, 3.63) is 11.6 Å². The fourth-order valence-corrected chi connectivity index (χ4v) is 7.19. The zero-order valence-corrected chi connectivity index (χ0v) is 14.4. The first-order valence-electron chi connectivity index (χ1n) is 6.13. The minimum absolute atomic E-state index is 0.0950. The van der Waals surface area contributed by atoms with E-state index in [1.165, 1.54) is 11.8 Å². The molecule has 20 heavy (non-hydrogen) atoms. The molecule has 0 aromatic rings. The number of hydrogen-bond acceptors (Lipinski definition) is 6. The normalized spacial score (nSPS) is 30.9. The molecule has 0 aliphatic carbocycles. The van der Waals surface area contributed by atoms with Crippen LogP contribution in [0.5, 0.6) is 0 Å². The van der Waals surface area contributed by atoms with Gasteiger partial charge in [0.05, 0.1) is 28.6 Å². The zero-order chi connectivity index (χ0) is 15.0. The van der Waals surface area contributed by atoms with Gasteiger partial charge in [-0.2, -0.15) is 0 Å². The number of rotatable bonds is 3. The van der Waals surface area contributed by atoms with Gasteiger partial charge in [-0.05, 0) is 18.9 Å². The quantitative estimate of drug-likeness (QED) is 0.584. The van der Waals surface area contributed by atoms with Gasteiger partial charge in [-0.1, -0.05) is 30.1 Å². The summed E-state index contributed by atoms with van der Waals surface area (Å²) < 4.78 is 46.1. The molecule has 2 aliphatic heterocycles. The molecule has 1 fully saturated rings. The van der Waals surface area contributed by atoms with Crippen molar-refractivity contribution in [1.29, 1.82) is 0 Å². The van der Waals surface area contributed by atoms with E-state index < -0.39 is 25.2 Å². The van der Waals surface area contributed by atoms with Crippen LogP contribution >= 0.6 is 24.0 Å². The number of thioether (sulfide) groups is 1. The molecule has 0 saturated carbocycles. The topological polar surface area (TPSA) is 80.3 Å². The van der Waals surface area contributed by atoms with Crippen molar-refractivity contribution < 1.29 is 16.8 Å². The van der Waals surface area contributed by atoms with Gasteiger partial charge in [0.1, 0.15) is 4.32 Å². The largest absolute Gasteiger partial charge is 0.365 e. The average molecular weight is 356 g/mol. The maximum Gasteiger partial charge on any atom is 0.157 e. The zero-order valence-electron chi connectivity index (χ0n) is 11.1. The molecule has 5 nitrogen and oxygen atoms in total. The minimum atomic E-state index is -2.97. The van der Waals surface area contributed by atoms with Crippen LogP contribution in [0, 0.1) is 0 Å². The second kappa shape index (κ2) is 5.58. The lowest BCUT2D eigenvalue weighted by atomic mass is 10.0. The summed E-state index contributed by atoms with van der Waals surface area (Å²) in [7, 11) is -5.91. The molecule has 9 heteroatoms. The average Bonchev–Trinajstić information content (AvgIpc) is 2.76. The van der Waals surface area contributed by atoms with Gasteiger partial charge in [0, 0.05) is 5.75 Å². The predicted molar refractivity (Wildman–Crippen MR) is 86.6 cm³/mol. The fraction of sp³-hybridized carbons (Fsp3) is 0.727. The first-order chi connectivity index (χ1) is 9.09. The molecule has 2 aliphatic rings. The van der Waals surface area contributed by atoms with E-state index in [1.807, 2.05) is 6.92 Å². The van der Waals surface area contributed by atoms with Crippen LogP contribution in [-0.2, 0) is 19.7 Å². The highest BCUT2D eigenvalue weighted by molar-refractivity contribution is 8.23. The van der Waals surface area contributed by atoms with Gasteiger partial charge in [0.15, 0.2) is 19.7 Å². The van der Waals surface area contributed by atoms with Crippen molar-refractivity contribution in [2.24, 2.45) is 0 Å². The van der Waals surface area contributed by atoms with E-state index in [0.717, 1.165) is 5.57 Å². The lowest BCUT2D eigenvalue weighted by Crippen LogP contribution is -2.45. The van der Waals surface area contributed by atoms with Crippen molar-refractivity contribution in [2.75, 3.05) is 28.8 Å². The van der Waals surface area contributed by atoms with Gasteiger partial charge in [-0.3, -0.25) is 0 Å². The van der Waals surface area contributed by atoms with Crippen molar-refractivity contribution in [3.8, 4) is 0 Å². The molecule has 0 radical (unpaired) electrons. The highest BCUT2D eigenvalue weighted by Gasteiger charge is 2.38. The number of hydrogen-bond donors (Lipinski definition) is 1. The monoisotopic (exact) mass is 355 g/mol. The van der Waals surface area contributed by atoms with E-state index in [1.54, 1.807) is 6.08 Å². The van der Waals surface area contributed by atoms with Crippen molar-refractivity contribution in [1.82, 2.24) is 5.32 Å². The maximum absolute atomic E-state index is 11.5. The van der Waals surface area contributed by atoms with Crippen LogP contribution < -0.4 is 5.32 Å². The van der Waals surface area contributed by atoms with Crippen molar-refractivity contribution >= 4 is 48.0 Å². The van der Waals surface area contributed by atoms with Crippen LogP contribution in [0.15, 0.2) is 11.6 Å². The highest BCUT2D eigenvalue weighted by atomic mass is 32.2. The number of nitrogens with one attached hydrogen (secondary N) is 1. The Labute approximate surface area is 129 Å². The summed E-state index contributed by atoms with van der Waals surface area (Å²) in [5.41, 5.74) is 0.363. The second-order valence-corrected chi connectivity index (χ2v) is 11.5. The summed E-state index contributed by atoms with van der Waals surface area (Å²) in [5, 5.41) is 3.09. The van der Waals surface area contributed by atoms with E-state index in [4.69, 9.17) is 12.2 Å². The van der Waals surface area contributed by atoms with Crippen LogP contribution in [0.25, 0.3) is 0 Å². The van der Waals surface area contributed by atoms with Gasteiger partial charge >= 0.3 is 0 Å². The molecule has 0 aromatic carbocycles. The Morgan fingerprint density at radius 1 is 1.40 bits per heavy atom. The first-order valence-corrected chi connectivity index (χ1v) is 11.2. The van der Waals surface area contributed by atoms with E-state index in [-0.39, 0.29) is 23.0 Å². The summed E-state index contributed by atoms with van der Waals surface area (Å²) in [6.45, 7) is 1.85. The van der Waals surface area contributed by atoms with Gasteiger partial charge in [0.25, 0.3) is 0 Å². The van der Waals surface area contributed by atoms with Crippen LogP contribution in [0.1, 0.15) is 13.3 Å². The molecular formula is C11H17NO4S4. The molecule has 1 N–H and O–H groups in total. The Bertz CT molecular complexity index is 650. The van der Waals surface area contributed by atoms with Gasteiger partial charge in [-0.25, -0.2) is 16.8 Å². The third-order valence-electron chi connectivity index (χ3n) is 3.33. The smallest absolute Gasteiger partial charge is 0.157 e. The molecule has 2 rings (SSSR count). The summed E-state index contributed by atoms with van der Waals surface area (Å²) in [6.07, 6.45) is 2.28. The van der Waals surface area contributed by atoms with E-state index in [9.17, 15) is 16.8 Å². The Balaban J connectivity index is 1.82. The lowest BCUT2D eigenvalue weighted by molar-refractivity contribution is 0.478. The first kappa shape index (κ1) is 16.3. The summed E-state index contributed by atoms with van der Waals surface area (Å²) in [6, 6.07) is 0. The number of sulfone groups is 2. The summed E-state index contributed by atoms with van der Waals surface area (Å²) in [4.78, 5) is 0. The fourth-order valence-electron chi connectivity index (χ4n) is 2.30. The molecule has 0 bridgehead atoms. The Morgan fingerprint density at radius 3 is 2.60 bits per heavy atom. The van der Waals surface area contributed by atoms with E-state index in [0.29, 0.717) is 16.5 Å². The van der Waals surface area contributed by atoms with Gasteiger partial charge < -0.3 is 5.32 Å². The van der Waals surface area contributed by atoms with Crippen LogP contribution in [0.3, 0.4) is 0 Å². The van der Waals surface area contributed by atoms with Crippen LogP contribution in [0.2, 0.25) is 0 Å². The summed E-state index contributed by atoms with van der Waals surface area (Å²) in [5.74, 6) is 1.03. The van der Waals surface area contributed by atoms with Crippen LogP contribution in [0.4, 0.5) is 0 Å². The Hall–Kier alpha value is -0.120. The van der Waals surface area contributed by atoms with Crippen molar-refractivity contribution in [2.45, 2.75) is 18.9 Å². The Morgan fingerprint density at radius 2 is 2.10 bits per heavy atom. The second-order valence-electron chi connectivity index (χ2n) is 5.52. The number of thiocarbonyl (C=S) groups is 1. The molecule has 114 valence electrons. The van der Waals surface area contributed by atoms with Gasteiger partial charge in [-0.15, -0.1) is 0 Å². The SMILES string of the molecule is CC1(NC(=S)SCC2=CCS(=O)(=O)C2)CCS(=O)(=O)C1. The third kappa shape index (κ3) is 4.44. The van der Waals surface area contributed by atoms with Crippen LogP contribution in [-0.4, -0.2) is 55.5 Å². The van der Waals surface area contributed by atoms with Crippen molar-refractivity contribution in [3.63, 3.8) is 0 Å². The summed E-state index contributed by atoms with van der Waals surface area (Å²) >= 11 is 6.56. The Kier molecular flexibility index (Phi) is 4.54. The standard InChI is InChI=1S/C11H17NO4S4/c1-11(3-5-20(15,16)8-11)12-10(17)18-6-9-2-4-19(13,14)7-9/h2H,3-8H2,1H3,(H,12,17). The molecule has 0 amide bonds. The molecule has 2 heterocycles. The lowest BCUT2D eigenvalue weighted by Gasteiger charge is -2.25. The maximum atomic E-state index is 11.5. The van der Waals surface area contributed by atoms with E-state index >= 15 is 0 Å². The molecule has 1 atom stereocenters. The minimum Gasteiger partial charge on any atom is -0.365 e.